The molecule has 1 heterocycles. The first kappa shape index (κ1) is 12.6. The summed E-state index contributed by atoms with van der Waals surface area (Å²) < 4.78 is 0. The molecule has 1 aromatic heterocycles. The number of nitrogens with two attached hydrogens (primary N) is 1. The van der Waals surface area contributed by atoms with Crippen molar-refractivity contribution in [2.45, 2.75) is 25.7 Å². The van der Waals surface area contributed by atoms with Crippen LogP contribution in [0.15, 0.2) is 24.5 Å². The molecule has 88 valence electrons. The maximum absolute atomic E-state index is 11.0. The zero-order valence-corrected chi connectivity index (χ0v) is 9.30. The second-order valence-electron chi connectivity index (χ2n) is 3.86. The molecule has 0 fully saturated rings. The van der Waals surface area contributed by atoms with E-state index >= 15 is 0 Å². The fraction of sp³-hybridized carbons (Fsp3) is 0.500. The normalized spacial score (nSPS) is 12.3. The van der Waals surface area contributed by atoms with E-state index < -0.39 is 5.97 Å². The lowest BCUT2D eigenvalue weighted by atomic mass is 9.95. The highest BCUT2D eigenvalue weighted by molar-refractivity contribution is 5.69. The van der Waals surface area contributed by atoms with Gasteiger partial charge in [0.2, 0.25) is 0 Å². The number of nitrogens with zero attached hydrogens (tertiary/aromatic N) is 1. The van der Waals surface area contributed by atoms with Crippen LogP contribution in [0, 0.1) is 5.92 Å². The van der Waals surface area contributed by atoms with Gasteiger partial charge in [-0.2, -0.15) is 0 Å². The molecule has 16 heavy (non-hydrogen) atoms. The van der Waals surface area contributed by atoms with Crippen LogP contribution in [0.5, 0.6) is 0 Å². The van der Waals surface area contributed by atoms with Crippen LogP contribution >= 0.6 is 0 Å². The van der Waals surface area contributed by atoms with Crippen molar-refractivity contribution in [3.05, 3.63) is 30.1 Å². The number of aliphatic carboxylic acids is 1. The molecular weight excluding hydrogens is 204 g/mol. The number of carbonyl (C=O) groups is 1. The van der Waals surface area contributed by atoms with Gasteiger partial charge < -0.3 is 10.8 Å². The molecule has 4 nitrogen and oxygen atoms in total. The molecule has 1 aromatic rings. The lowest BCUT2D eigenvalue weighted by Gasteiger charge is -2.11. The molecule has 0 aliphatic carbocycles. The van der Waals surface area contributed by atoms with Crippen LogP contribution in [0.3, 0.4) is 0 Å². The van der Waals surface area contributed by atoms with Gasteiger partial charge in [-0.1, -0.05) is 0 Å². The lowest BCUT2D eigenvalue weighted by molar-refractivity contribution is -0.142. The third-order valence-corrected chi connectivity index (χ3v) is 2.64. The summed E-state index contributed by atoms with van der Waals surface area (Å²) in [6.07, 6.45) is 6.34. The predicted molar refractivity (Wildman–Crippen MR) is 62.0 cm³/mol. The van der Waals surface area contributed by atoms with Crippen molar-refractivity contribution < 1.29 is 9.90 Å². The summed E-state index contributed by atoms with van der Waals surface area (Å²) in [6, 6.07) is 3.84. The van der Waals surface area contributed by atoms with Gasteiger partial charge in [0.15, 0.2) is 0 Å². The Bertz CT molecular complexity index is 314. The molecule has 4 heteroatoms. The van der Waals surface area contributed by atoms with Crippen molar-refractivity contribution in [3.8, 4) is 0 Å². The Kier molecular flexibility index (Phi) is 5.50. The van der Waals surface area contributed by atoms with Crippen LogP contribution in [-0.4, -0.2) is 22.6 Å². The van der Waals surface area contributed by atoms with E-state index in [1.807, 2.05) is 12.1 Å². The predicted octanol–water partition coefficient (Wildman–Crippen LogP) is 1.45. The van der Waals surface area contributed by atoms with Gasteiger partial charge in [-0.25, -0.2) is 0 Å². The smallest absolute Gasteiger partial charge is 0.306 e. The number of hydrogen-bond acceptors (Lipinski definition) is 3. The molecule has 3 N–H and O–H groups in total. The van der Waals surface area contributed by atoms with E-state index in [0.717, 1.165) is 18.4 Å². The van der Waals surface area contributed by atoms with E-state index in [1.165, 1.54) is 0 Å². The van der Waals surface area contributed by atoms with Gasteiger partial charge in [-0.3, -0.25) is 9.78 Å². The summed E-state index contributed by atoms with van der Waals surface area (Å²) in [7, 11) is 0. The molecule has 0 aliphatic heterocycles. The largest absolute Gasteiger partial charge is 0.481 e. The Balaban J connectivity index is 2.41. The number of carboxylic acids is 1. The molecular formula is C12H18N2O2. The number of rotatable bonds is 7. The summed E-state index contributed by atoms with van der Waals surface area (Å²) in [5.74, 6) is -1.00. The summed E-state index contributed by atoms with van der Waals surface area (Å²) in [5, 5.41) is 9.02. The van der Waals surface area contributed by atoms with Crippen molar-refractivity contribution >= 4 is 5.97 Å². The first-order valence-electron chi connectivity index (χ1n) is 5.56. The number of carboxylic acid groups (broad SMARTS) is 1. The highest BCUT2D eigenvalue weighted by atomic mass is 16.4. The lowest BCUT2D eigenvalue weighted by Crippen LogP contribution is -2.16. The highest BCUT2D eigenvalue weighted by Gasteiger charge is 2.16. The van der Waals surface area contributed by atoms with Crippen LogP contribution in [0.2, 0.25) is 0 Å². The first-order valence-corrected chi connectivity index (χ1v) is 5.56. The quantitative estimate of drug-likeness (QED) is 0.732. The van der Waals surface area contributed by atoms with Gasteiger partial charge in [0.25, 0.3) is 0 Å². The highest BCUT2D eigenvalue weighted by Crippen LogP contribution is 2.14. The van der Waals surface area contributed by atoms with Gasteiger partial charge in [0.1, 0.15) is 0 Å². The fourth-order valence-corrected chi connectivity index (χ4v) is 1.65. The Morgan fingerprint density at radius 2 is 2.06 bits per heavy atom. The molecule has 0 amide bonds. The second-order valence-corrected chi connectivity index (χ2v) is 3.86. The molecule has 0 bridgehead atoms. The Hall–Kier alpha value is -1.42. The standard InChI is InChI=1S/C12H18N2O2/c13-7-1-2-11(12(15)16)4-3-10-5-8-14-9-6-10/h5-6,8-9,11H,1-4,7,13H2,(H,15,16). The van der Waals surface area contributed by atoms with Gasteiger partial charge in [0.05, 0.1) is 5.92 Å². The summed E-state index contributed by atoms with van der Waals surface area (Å²) in [6.45, 7) is 0.555. The third kappa shape index (κ3) is 4.40. The summed E-state index contributed by atoms with van der Waals surface area (Å²) in [5.41, 5.74) is 6.52. The minimum absolute atomic E-state index is 0.281. The average Bonchev–Trinajstić information content (AvgIpc) is 2.30. The summed E-state index contributed by atoms with van der Waals surface area (Å²) >= 11 is 0. The number of aryl methyl sites for hydroxylation is 1. The average molecular weight is 222 g/mol. The van der Waals surface area contributed by atoms with Crippen molar-refractivity contribution in [2.24, 2.45) is 11.7 Å². The van der Waals surface area contributed by atoms with Gasteiger partial charge in [-0.15, -0.1) is 0 Å². The topological polar surface area (TPSA) is 76.2 Å². The third-order valence-electron chi connectivity index (χ3n) is 2.64. The van der Waals surface area contributed by atoms with E-state index in [4.69, 9.17) is 10.8 Å². The SMILES string of the molecule is NCCCC(CCc1ccncc1)C(=O)O. The van der Waals surface area contributed by atoms with Crippen LogP contribution < -0.4 is 5.73 Å². The van der Waals surface area contributed by atoms with Crippen molar-refractivity contribution in [1.82, 2.24) is 4.98 Å². The van der Waals surface area contributed by atoms with Crippen molar-refractivity contribution in [3.63, 3.8) is 0 Å². The zero-order valence-electron chi connectivity index (χ0n) is 9.30. The molecule has 0 saturated carbocycles. The van der Waals surface area contributed by atoms with E-state index in [-0.39, 0.29) is 5.92 Å². The van der Waals surface area contributed by atoms with Crippen LogP contribution in [0.1, 0.15) is 24.8 Å². The second kappa shape index (κ2) is 6.95. The fourth-order valence-electron chi connectivity index (χ4n) is 1.65. The Morgan fingerprint density at radius 3 is 2.62 bits per heavy atom. The maximum Gasteiger partial charge on any atom is 0.306 e. The zero-order chi connectivity index (χ0) is 11.8. The molecule has 0 radical (unpaired) electrons. The number of hydrogen-bond donors (Lipinski definition) is 2. The molecule has 1 rings (SSSR count). The van der Waals surface area contributed by atoms with Gasteiger partial charge in [0, 0.05) is 12.4 Å². The van der Waals surface area contributed by atoms with Crippen LogP contribution in [0.25, 0.3) is 0 Å². The van der Waals surface area contributed by atoms with Crippen molar-refractivity contribution in [1.29, 1.82) is 0 Å². The van der Waals surface area contributed by atoms with E-state index in [9.17, 15) is 4.79 Å². The Morgan fingerprint density at radius 1 is 1.38 bits per heavy atom. The molecule has 0 aliphatic rings. The summed E-state index contributed by atoms with van der Waals surface area (Å²) in [4.78, 5) is 14.9. The van der Waals surface area contributed by atoms with Crippen LogP contribution in [-0.2, 0) is 11.2 Å². The van der Waals surface area contributed by atoms with Crippen LogP contribution in [0.4, 0.5) is 0 Å². The maximum atomic E-state index is 11.0. The number of pyridine rings is 1. The van der Waals surface area contributed by atoms with Gasteiger partial charge in [-0.05, 0) is 49.9 Å². The van der Waals surface area contributed by atoms with E-state index in [2.05, 4.69) is 4.98 Å². The van der Waals surface area contributed by atoms with E-state index in [1.54, 1.807) is 12.4 Å². The minimum atomic E-state index is -0.720. The van der Waals surface area contributed by atoms with E-state index in [0.29, 0.717) is 19.4 Å². The molecule has 0 spiro atoms. The molecule has 1 atom stereocenters. The Labute approximate surface area is 95.5 Å². The molecule has 0 saturated heterocycles. The van der Waals surface area contributed by atoms with Gasteiger partial charge >= 0.3 is 5.97 Å². The minimum Gasteiger partial charge on any atom is -0.481 e. The molecule has 0 aromatic carbocycles. The monoisotopic (exact) mass is 222 g/mol. The first-order chi connectivity index (χ1) is 7.74. The van der Waals surface area contributed by atoms with Crippen molar-refractivity contribution in [2.75, 3.05) is 6.54 Å². The number of aromatic nitrogens is 1. The molecule has 1 unspecified atom stereocenters.